The van der Waals surface area contributed by atoms with Crippen LogP contribution in [0.5, 0.6) is 0 Å². The van der Waals surface area contributed by atoms with Crippen molar-refractivity contribution in [1.82, 2.24) is 0 Å². The van der Waals surface area contributed by atoms with Crippen LogP contribution in [0.1, 0.15) is 38.3 Å². The molecule has 1 aromatic rings. The fraction of sp³-hybridized carbons (Fsp3) is 0.600. The lowest BCUT2D eigenvalue weighted by atomic mass is 9.88. The Morgan fingerprint density at radius 3 is 2.36 bits per heavy atom. The average molecular weight is 511 g/mol. The summed E-state index contributed by atoms with van der Waals surface area (Å²) in [5.41, 5.74) is 0.158. The maximum Gasteiger partial charge on any atom is 0.331 e. The highest BCUT2D eigenvalue weighted by Crippen LogP contribution is 2.34. The molecule has 36 heavy (non-hydrogen) atoms. The molecule has 9 unspecified atom stereocenters. The van der Waals surface area contributed by atoms with Crippen molar-refractivity contribution in [3.8, 4) is 0 Å². The van der Waals surface area contributed by atoms with Crippen molar-refractivity contribution in [2.24, 2.45) is 0 Å². The molecular formula is C25H34O11. The second-order valence-corrected chi connectivity index (χ2v) is 9.23. The minimum absolute atomic E-state index is 0.268. The van der Waals surface area contributed by atoms with E-state index >= 15 is 0 Å². The molecule has 0 bridgehead atoms. The van der Waals surface area contributed by atoms with Gasteiger partial charge in [0.05, 0.1) is 18.8 Å². The highest BCUT2D eigenvalue weighted by Gasteiger charge is 2.52. The van der Waals surface area contributed by atoms with Crippen LogP contribution in [0, 0.1) is 6.92 Å². The molecule has 0 aromatic heterocycles. The number of aliphatic hydroxyl groups is 4. The molecule has 0 aliphatic carbocycles. The van der Waals surface area contributed by atoms with Gasteiger partial charge in [0.1, 0.15) is 11.7 Å². The third-order valence-electron chi connectivity index (χ3n) is 6.33. The summed E-state index contributed by atoms with van der Waals surface area (Å²) >= 11 is 0. The van der Waals surface area contributed by atoms with Crippen LogP contribution < -0.4 is 0 Å². The first-order valence-corrected chi connectivity index (χ1v) is 11.7. The van der Waals surface area contributed by atoms with Crippen LogP contribution in [0.2, 0.25) is 0 Å². The monoisotopic (exact) mass is 510 g/mol. The van der Waals surface area contributed by atoms with E-state index in [0.717, 1.165) is 18.1 Å². The highest BCUT2D eigenvalue weighted by molar-refractivity contribution is 5.87. The Labute approximate surface area is 209 Å². The lowest BCUT2D eigenvalue weighted by Gasteiger charge is -2.47. The first-order valence-electron chi connectivity index (χ1n) is 11.7. The number of hydrogen-bond donors (Lipinski definition) is 4. The predicted octanol–water partition coefficient (Wildman–Crippen LogP) is 0.193. The highest BCUT2D eigenvalue weighted by atomic mass is 16.7. The van der Waals surface area contributed by atoms with Crippen molar-refractivity contribution in [2.75, 3.05) is 6.61 Å². The molecule has 0 saturated carbocycles. The zero-order chi connectivity index (χ0) is 26.6. The molecule has 2 aliphatic heterocycles. The van der Waals surface area contributed by atoms with Crippen LogP contribution in [-0.4, -0.2) is 93.8 Å². The number of hydrogen-bond acceptors (Lipinski definition) is 11. The summed E-state index contributed by atoms with van der Waals surface area (Å²) in [7, 11) is 0. The van der Waals surface area contributed by atoms with Gasteiger partial charge in [0.15, 0.2) is 30.9 Å². The van der Waals surface area contributed by atoms with Crippen molar-refractivity contribution in [2.45, 2.75) is 88.9 Å². The number of aryl methyl sites for hydroxylation is 1. The molecule has 2 aliphatic rings. The minimum atomic E-state index is -1.69. The molecule has 200 valence electrons. The number of carbonyl (C=O) groups is 2. The van der Waals surface area contributed by atoms with E-state index in [1.165, 1.54) is 19.9 Å². The zero-order valence-corrected chi connectivity index (χ0v) is 20.6. The van der Waals surface area contributed by atoms with Crippen LogP contribution in [0.4, 0.5) is 0 Å². The fourth-order valence-corrected chi connectivity index (χ4v) is 4.15. The van der Waals surface area contributed by atoms with E-state index in [4.69, 9.17) is 23.7 Å². The van der Waals surface area contributed by atoms with Crippen LogP contribution in [0.3, 0.4) is 0 Å². The van der Waals surface area contributed by atoms with Gasteiger partial charge in [-0.25, -0.2) is 4.79 Å². The van der Waals surface area contributed by atoms with Gasteiger partial charge in [-0.15, -0.1) is 0 Å². The standard InChI is InChI=1S/C25H34O11/c1-13-5-7-17(8-6-13)9-10-19(29)35-20-14(2)32-23(30)22(21(20)34-16(4)27)36-24-18(28)11-25(31,12-26)15(3)33-24/h5-10,14-15,18,20-24,26,28,30-31H,11-12H2,1-4H3/b10-9-. The van der Waals surface area contributed by atoms with Crippen molar-refractivity contribution < 1.29 is 53.7 Å². The maximum atomic E-state index is 12.6. The van der Waals surface area contributed by atoms with Gasteiger partial charge < -0.3 is 44.1 Å². The van der Waals surface area contributed by atoms with E-state index in [0.29, 0.717) is 0 Å². The molecule has 2 saturated heterocycles. The predicted molar refractivity (Wildman–Crippen MR) is 124 cm³/mol. The Bertz CT molecular complexity index is 932. The van der Waals surface area contributed by atoms with E-state index in [9.17, 15) is 30.0 Å². The summed E-state index contributed by atoms with van der Waals surface area (Å²) < 4.78 is 27.7. The molecule has 0 spiro atoms. The van der Waals surface area contributed by atoms with E-state index in [-0.39, 0.29) is 6.42 Å². The van der Waals surface area contributed by atoms with Crippen LogP contribution in [-0.2, 0) is 33.3 Å². The van der Waals surface area contributed by atoms with Gasteiger partial charge in [0, 0.05) is 19.4 Å². The first-order chi connectivity index (χ1) is 16.9. The first kappa shape index (κ1) is 28.2. The number of rotatable bonds is 7. The summed E-state index contributed by atoms with van der Waals surface area (Å²) in [5.74, 6) is -1.46. The molecule has 0 amide bonds. The smallest absolute Gasteiger partial charge is 0.331 e. The molecular weight excluding hydrogens is 476 g/mol. The summed E-state index contributed by atoms with van der Waals surface area (Å²) in [6.07, 6.45) is -7.53. The van der Waals surface area contributed by atoms with Crippen molar-refractivity contribution in [1.29, 1.82) is 0 Å². The summed E-state index contributed by atoms with van der Waals surface area (Å²) in [4.78, 5) is 24.5. The Morgan fingerprint density at radius 2 is 1.75 bits per heavy atom. The fourth-order valence-electron chi connectivity index (χ4n) is 4.15. The second-order valence-electron chi connectivity index (χ2n) is 9.23. The van der Waals surface area contributed by atoms with Gasteiger partial charge in [-0.3, -0.25) is 4.79 Å². The Morgan fingerprint density at radius 1 is 1.08 bits per heavy atom. The molecule has 9 atom stereocenters. The number of carbonyl (C=O) groups excluding carboxylic acids is 2. The molecule has 11 heteroatoms. The van der Waals surface area contributed by atoms with Gasteiger partial charge in [0.2, 0.25) is 0 Å². The van der Waals surface area contributed by atoms with E-state index < -0.39 is 73.4 Å². The normalized spacial score (nSPS) is 37.0. The van der Waals surface area contributed by atoms with E-state index in [1.54, 1.807) is 6.08 Å². The Balaban J connectivity index is 1.76. The minimum Gasteiger partial charge on any atom is -0.455 e. The number of ether oxygens (including phenoxy) is 5. The Hall–Kier alpha value is -2.38. The van der Waals surface area contributed by atoms with Gasteiger partial charge in [-0.05, 0) is 32.4 Å². The molecule has 0 radical (unpaired) electrons. The molecule has 11 nitrogen and oxygen atoms in total. The molecule has 2 fully saturated rings. The van der Waals surface area contributed by atoms with Crippen molar-refractivity contribution in [3.63, 3.8) is 0 Å². The summed E-state index contributed by atoms with van der Waals surface area (Å²) in [5, 5.41) is 40.9. The van der Waals surface area contributed by atoms with Crippen molar-refractivity contribution >= 4 is 18.0 Å². The number of aliphatic hydroxyl groups excluding tert-OH is 3. The summed E-state index contributed by atoms with van der Waals surface area (Å²) in [6, 6.07) is 7.46. The van der Waals surface area contributed by atoms with Crippen LogP contribution in [0.25, 0.3) is 6.08 Å². The molecule has 4 N–H and O–H groups in total. The molecule has 2 heterocycles. The second kappa shape index (κ2) is 11.8. The van der Waals surface area contributed by atoms with Crippen LogP contribution in [0.15, 0.2) is 30.3 Å². The third-order valence-corrected chi connectivity index (χ3v) is 6.33. The number of esters is 2. The van der Waals surface area contributed by atoms with E-state index in [2.05, 4.69) is 0 Å². The number of benzene rings is 1. The zero-order valence-electron chi connectivity index (χ0n) is 20.6. The topological polar surface area (TPSA) is 161 Å². The van der Waals surface area contributed by atoms with Gasteiger partial charge in [0.25, 0.3) is 0 Å². The average Bonchev–Trinajstić information content (AvgIpc) is 2.81. The Kier molecular flexibility index (Phi) is 9.23. The van der Waals surface area contributed by atoms with Gasteiger partial charge >= 0.3 is 11.9 Å². The quantitative estimate of drug-likeness (QED) is 0.293. The van der Waals surface area contributed by atoms with E-state index in [1.807, 2.05) is 31.2 Å². The van der Waals surface area contributed by atoms with Gasteiger partial charge in [-0.1, -0.05) is 29.8 Å². The summed E-state index contributed by atoms with van der Waals surface area (Å²) in [6.45, 7) is 5.47. The lowest BCUT2D eigenvalue weighted by Crippen LogP contribution is -2.63. The molecule has 1 aromatic carbocycles. The third kappa shape index (κ3) is 6.68. The molecule has 3 rings (SSSR count). The largest absolute Gasteiger partial charge is 0.455 e. The SMILES string of the molecule is CC(=O)OC1C(OC(=O)/C=C\c2ccc(C)cc2)C(C)OC(O)C1OC1OC(C)C(O)(CO)CC1O. The maximum absolute atomic E-state index is 12.6. The lowest BCUT2D eigenvalue weighted by molar-refractivity contribution is -0.355. The van der Waals surface area contributed by atoms with Crippen molar-refractivity contribution in [3.05, 3.63) is 41.5 Å². The van der Waals surface area contributed by atoms with Crippen LogP contribution >= 0.6 is 0 Å². The van der Waals surface area contributed by atoms with Gasteiger partial charge in [-0.2, -0.15) is 0 Å².